The minimum Gasteiger partial charge on any atom is -0.507 e. The number of hydrogen-bond acceptors (Lipinski definition) is 4. The third-order valence-corrected chi connectivity index (χ3v) is 5.00. The van der Waals surface area contributed by atoms with Crippen LogP contribution >= 0.6 is 0 Å². The van der Waals surface area contributed by atoms with E-state index in [1.165, 1.54) is 17.7 Å². The number of rotatable bonds is 6. The molecule has 2 aromatic rings. The number of ether oxygens (including phenoxy) is 1. The predicted octanol–water partition coefficient (Wildman–Crippen LogP) is 3.70. The monoisotopic (exact) mass is 343 g/mol. The number of piperidine rings is 1. The van der Waals surface area contributed by atoms with E-state index < -0.39 is 0 Å². The van der Waals surface area contributed by atoms with Gasteiger partial charge in [0.1, 0.15) is 11.5 Å². The van der Waals surface area contributed by atoms with Gasteiger partial charge < -0.3 is 9.84 Å². The molecular formula is C20H29N3O2. The van der Waals surface area contributed by atoms with Gasteiger partial charge in [-0.1, -0.05) is 19.9 Å². The van der Waals surface area contributed by atoms with Gasteiger partial charge in [0.25, 0.3) is 0 Å². The Balaban J connectivity index is 1.73. The molecule has 1 unspecified atom stereocenters. The van der Waals surface area contributed by atoms with Crippen molar-refractivity contribution < 1.29 is 9.84 Å². The van der Waals surface area contributed by atoms with Gasteiger partial charge in [0.15, 0.2) is 0 Å². The normalized spacial score (nSPS) is 18.6. The van der Waals surface area contributed by atoms with E-state index >= 15 is 0 Å². The average Bonchev–Trinajstić information content (AvgIpc) is 3.04. The summed E-state index contributed by atoms with van der Waals surface area (Å²) in [5.74, 6) is 2.16. The van der Waals surface area contributed by atoms with Crippen molar-refractivity contribution in [3.63, 3.8) is 0 Å². The van der Waals surface area contributed by atoms with Crippen LogP contribution in [-0.4, -0.2) is 40.4 Å². The molecule has 0 amide bonds. The Morgan fingerprint density at radius 2 is 2.24 bits per heavy atom. The Morgan fingerprint density at radius 1 is 1.40 bits per heavy atom. The van der Waals surface area contributed by atoms with Gasteiger partial charge in [-0.05, 0) is 49.4 Å². The maximum Gasteiger partial charge on any atom is 0.127 e. The first-order chi connectivity index (χ1) is 12.1. The molecule has 0 saturated carbocycles. The molecule has 1 atom stereocenters. The predicted molar refractivity (Wildman–Crippen MR) is 99.0 cm³/mol. The number of phenolic OH excluding ortho intramolecular Hbond substituents is 1. The van der Waals surface area contributed by atoms with Gasteiger partial charge in [0.05, 0.1) is 13.3 Å². The number of hydrogen-bond donors (Lipinski definition) is 2. The van der Waals surface area contributed by atoms with Crippen LogP contribution in [0.15, 0.2) is 24.4 Å². The molecule has 1 aliphatic heterocycles. The molecule has 2 N–H and O–H groups in total. The molecule has 0 bridgehead atoms. The highest BCUT2D eigenvalue weighted by molar-refractivity contribution is 5.43. The Bertz CT molecular complexity index is 696. The largest absolute Gasteiger partial charge is 0.507 e. The van der Waals surface area contributed by atoms with Crippen molar-refractivity contribution in [1.82, 2.24) is 15.1 Å². The lowest BCUT2D eigenvalue weighted by molar-refractivity contribution is 0.194. The van der Waals surface area contributed by atoms with Gasteiger partial charge in [0.2, 0.25) is 0 Å². The maximum absolute atomic E-state index is 10.2. The molecular weight excluding hydrogens is 314 g/mol. The summed E-state index contributed by atoms with van der Waals surface area (Å²) in [6, 6.07) is 5.46. The number of aromatic hydroxyl groups is 1. The Hall–Kier alpha value is -2.01. The number of likely N-dealkylation sites (tertiary alicyclic amines) is 1. The zero-order valence-electron chi connectivity index (χ0n) is 15.5. The van der Waals surface area contributed by atoms with Crippen LogP contribution in [0, 0.1) is 5.92 Å². The number of nitrogens with one attached hydrogen (secondary N) is 1. The van der Waals surface area contributed by atoms with Gasteiger partial charge in [-0.2, -0.15) is 5.10 Å². The maximum atomic E-state index is 10.2. The summed E-state index contributed by atoms with van der Waals surface area (Å²) in [7, 11) is 1.65. The lowest BCUT2D eigenvalue weighted by atomic mass is 9.90. The Morgan fingerprint density at radius 3 is 3.00 bits per heavy atom. The molecule has 136 valence electrons. The van der Waals surface area contributed by atoms with Gasteiger partial charge in [0, 0.05) is 30.3 Å². The number of aromatic amines is 1. The van der Waals surface area contributed by atoms with Crippen molar-refractivity contribution in [2.75, 3.05) is 20.2 Å². The van der Waals surface area contributed by atoms with Gasteiger partial charge >= 0.3 is 0 Å². The van der Waals surface area contributed by atoms with E-state index in [4.69, 9.17) is 4.74 Å². The van der Waals surface area contributed by atoms with Crippen molar-refractivity contribution in [2.24, 2.45) is 5.92 Å². The second kappa shape index (κ2) is 7.91. The van der Waals surface area contributed by atoms with Crippen molar-refractivity contribution >= 4 is 0 Å². The Labute approximate surface area is 150 Å². The van der Waals surface area contributed by atoms with Crippen molar-refractivity contribution in [1.29, 1.82) is 0 Å². The SMILES string of the molecule is COc1cccc(O)c1CN1CCCC(c2[nH]ncc2CC(C)C)C1. The minimum absolute atomic E-state index is 0.309. The quantitative estimate of drug-likeness (QED) is 0.839. The molecule has 1 aromatic heterocycles. The molecule has 1 fully saturated rings. The number of phenols is 1. The third-order valence-electron chi connectivity index (χ3n) is 5.00. The van der Waals surface area contributed by atoms with E-state index in [0.717, 1.165) is 37.2 Å². The Kier molecular flexibility index (Phi) is 5.63. The number of aromatic nitrogens is 2. The second-order valence-electron chi connectivity index (χ2n) is 7.44. The van der Waals surface area contributed by atoms with Crippen LogP contribution in [0.1, 0.15) is 49.4 Å². The van der Waals surface area contributed by atoms with Gasteiger partial charge in [-0.25, -0.2) is 0 Å². The van der Waals surface area contributed by atoms with Crippen LogP contribution in [0.25, 0.3) is 0 Å². The fraction of sp³-hybridized carbons (Fsp3) is 0.550. The molecule has 25 heavy (non-hydrogen) atoms. The van der Waals surface area contributed by atoms with E-state index in [-0.39, 0.29) is 0 Å². The highest BCUT2D eigenvalue weighted by atomic mass is 16.5. The highest BCUT2D eigenvalue weighted by Gasteiger charge is 2.26. The van der Waals surface area contributed by atoms with Crippen LogP contribution in [0.2, 0.25) is 0 Å². The van der Waals surface area contributed by atoms with Crippen LogP contribution in [0.3, 0.4) is 0 Å². The lowest BCUT2D eigenvalue weighted by Crippen LogP contribution is -2.34. The van der Waals surface area contributed by atoms with E-state index in [9.17, 15) is 5.11 Å². The van der Waals surface area contributed by atoms with E-state index in [0.29, 0.717) is 24.1 Å². The summed E-state index contributed by atoms with van der Waals surface area (Å²) < 4.78 is 5.43. The highest BCUT2D eigenvalue weighted by Crippen LogP contribution is 2.33. The summed E-state index contributed by atoms with van der Waals surface area (Å²) in [6.45, 7) is 7.22. The second-order valence-corrected chi connectivity index (χ2v) is 7.44. The first kappa shape index (κ1) is 17.8. The third kappa shape index (κ3) is 4.15. The van der Waals surface area contributed by atoms with Crippen LogP contribution < -0.4 is 4.74 Å². The molecule has 1 saturated heterocycles. The molecule has 5 heteroatoms. The molecule has 1 aromatic carbocycles. The zero-order valence-corrected chi connectivity index (χ0v) is 15.5. The summed E-state index contributed by atoms with van der Waals surface area (Å²) in [4.78, 5) is 2.41. The first-order valence-corrected chi connectivity index (χ1v) is 9.17. The number of nitrogens with zero attached hydrogens (tertiary/aromatic N) is 2. The van der Waals surface area contributed by atoms with Crippen LogP contribution in [-0.2, 0) is 13.0 Å². The molecule has 0 radical (unpaired) electrons. The van der Waals surface area contributed by atoms with Gasteiger partial charge in [-0.3, -0.25) is 10.00 Å². The molecule has 5 nitrogen and oxygen atoms in total. The summed E-state index contributed by atoms with van der Waals surface area (Å²) in [6.07, 6.45) is 5.39. The summed E-state index contributed by atoms with van der Waals surface area (Å²) in [5.41, 5.74) is 3.52. The number of methoxy groups -OCH3 is 1. The van der Waals surface area contributed by atoms with Crippen molar-refractivity contribution in [3.8, 4) is 11.5 Å². The molecule has 0 aliphatic carbocycles. The lowest BCUT2D eigenvalue weighted by Gasteiger charge is -2.33. The molecule has 3 rings (SSSR count). The zero-order chi connectivity index (χ0) is 17.8. The first-order valence-electron chi connectivity index (χ1n) is 9.17. The van der Waals surface area contributed by atoms with Crippen LogP contribution in [0.4, 0.5) is 0 Å². The van der Waals surface area contributed by atoms with Gasteiger partial charge in [-0.15, -0.1) is 0 Å². The standard InChI is InChI=1S/C20H29N3O2/c1-14(2)10-16-11-21-22-20(16)15-6-5-9-23(12-15)13-17-18(24)7-4-8-19(17)25-3/h4,7-8,11,14-15,24H,5-6,9-10,12-13H2,1-3H3,(H,21,22). The fourth-order valence-corrected chi connectivity index (χ4v) is 3.84. The van der Waals surface area contributed by atoms with Crippen molar-refractivity contribution in [3.05, 3.63) is 41.2 Å². The number of benzene rings is 1. The average molecular weight is 343 g/mol. The molecule has 1 aliphatic rings. The molecule has 0 spiro atoms. The van der Waals surface area contributed by atoms with E-state index in [1.807, 2.05) is 18.3 Å². The number of H-pyrrole nitrogens is 1. The fourth-order valence-electron chi connectivity index (χ4n) is 3.84. The summed E-state index contributed by atoms with van der Waals surface area (Å²) in [5, 5.41) is 17.8. The smallest absolute Gasteiger partial charge is 0.127 e. The van der Waals surface area contributed by atoms with E-state index in [2.05, 4.69) is 28.9 Å². The van der Waals surface area contributed by atoms with Crippen molar-refractivity contribution in [2.45, 2.75) is 45.6 Å². The minimum atomic E-state index is 0.309. The van der Waals surface area contributed by atoms with Crippen LogP contribution in [0.5, 0.6) is 11.5 Å². The summed E-state index contributed by atoms with van der Waals surface area (Å²) >= 11 is 0. The van der Waals surface area contributed by atoms with E-state index in [1.54, 1.807) is 13.2 Å². The molecule has 2 heterocycles. The topological polar surface area (TPSA) is 61.4 Å².